The minimum Gasteiger partial charge on any atom is -0.445 e. The van der Waals surface area contributed by atoms with Crippen LogP contribution in [0, 0.1) is 5.92 Å². The first-order chi connectivity index (χ1) is 18.2. The van der Waals surface area contributed by atoms with E-state index in [1.807, 2.05) is 63.3 Å². The second-order valence-corrected chi connectivity index (χ2v) is 11.4. The number of nitrogens with one attached hydrogen (secondary N) is 1. The van der Waals surface area contributed by atoms with Crippen molar-refractivity contribution in [2.24, 2.45) is 5.92 Å². The molecule has 0 aliphatic heterocycles. The van der Waals surface area contributed by atoms with Crippen molar-refractivity contribution in [2.45, 2.75) is 50.7 Å². The molecule has 2 aromatic rings. The zero-order valence-electron chi connectivity index (χ0n) is 22.5. The minimum absolute atomic E-state index is 0.0106. The van der Waals surface area contributed by atoms with E-state index in [0.29, 0.717) is 18.4 Å². The molecule has 0 bridgehead atoms. The van der Waals surface area contributed by atoms with E-state index in [-0.39, 0.29) is 30.5 Å². The lowest BCUT2D eigenvalue weighted by atomic mass is 10.0. The molecule has 0 aromatic heterocycles. The third kappa shape index (κ3) is 10.3. The number of allylic oxidation sites excluding steroid dienone is 3. The van der Waals surface area contributed by atoms with Gasteiger partial charge in [-0.05, 0) is 49.0 Å². The fraction of sp³-hybridized carbons (Fsp3) is 0.367. The number of rotatable bonds is 15. The van der Waals surface area contributed by atoms with Gasteiger partial charge in [0.1, 0.15) is 6.61 Å². The van der Waals surface area contributed by atoms with Crippen molar-refractivity contribution in [3.05, 3.63) is 103 Å². The normalized spacial score (nSPS) is 14.0. The Balaban J connectivity index is 2.25. The SMILES string of the molecule is C=C/C(=C\C=C/C)COC(=O)N[C@@H](Cc1ccccc1)C(O)CN(CCC(C)C)S(=O)(=O)c1ccccc1. The monoisotopic (exact) mass is 540 g/mol. The molecule has 0 heterocycles. The van der Waals surface area contributed by atoms with Crippen LogP contribution in [-0.4, -0.2) is 55.8 Å². The Morgan fingerprint density at radius 3 is 2.32 bits per heavy atom. The van der Waals surface area contributed by atoms with Crippen LogP contribution in [0.1, 0.15) is 32.8 Å². The summed E-state index contributed by atoms with van der Waals surface area (Å²) in [4.78, 5) is 12.9. The fourth-order valence-corrected chi connectivity index (χ4v) is 5.17. The molecule has 7 nitrogen and oxygen atoms in total. The van der Waals surface area contributed by atoms with E-state index in [1.54, 1.807) is 42.5 Å². The van der Waals surface area contributed by atoms with Crippen molar-refractivity contribution < 1.29 is 23.1 Å². The molecule has 0 aliphatic rings. The summed E-state index contributed by atoms with van der Waals surface area (Å²) in [6, 6.07) is 16.8. The van der Waals surface area contributed by atoms with Gasteiger partial charge in [-0.1, -0.05) is 93.3 Å². The van der Waals surface area contributed by atoms with Gasteiger partial charge in [0.2, 0.25) is 10.0 Å². The highest BCUT2D eigenvalue weighted by atomic mass is 32.2. The molecule has 2 rings (SSSR count). The maximum atomic E-state index is 13.5. The van der Waals surface area contributed by atoms with Crippen LogP contribution in [0.4, 0.5) is 4.79 Å². The molecule has 1 unspecified atom stereocenters. The minimum atomic E-state index is -3.86. The van der Waals surface area contributed by atoms with Gasteiger partial charge in [-0.25, -0.2) is 13.2 Å². The van der Waals surface area contributed by atoms with Crippen molar-refractivity contribution in [3.8, 4) is 0 Å². The highest BCUT2D eigenvalue weighted by molar-refractivity contribution is 7.89. The van der Waals surface area contributed by atoms with Gasteiger partial charge < -0.3 is 15.2 Å². The molecular weight excluding hydrogens is 500 g/mol. The van der Waals surface area contributed by atoms with E-state index in [1.165, 1.54) is 4.31 Å². The summed E-state index contributed by atoms with van der Waals surface area (Å²) in [5.74, 6) is 0.267. The molecule has 38 heavy (non-hydrogen) atoms. The highest BCUT2D eigenvalue weighted by Crippen LogP contribution is 2.19. The molecule has 8 heteroatoms. The number of carbonyl (C=O) groups is 1. The second-order valence-electron chi connectivity index (χ2n) is 9.41. The Morgan fingerprint density at radius 1 is 1.11 bits per heavy atom. The molecule has 206 valence electrons. The number of amides is 1. The maximum absolute atomic E-state index is 13.5. The van der Waals surface area contributed by atoms with Gasteiger partial charge in [0, 0.05) is 13.1 Å². The molecule has 0 saturated carbocycles. The molecule has 0 fully saturated rings. The topological polar surface area (TPSA) is 95.9 Å². The van der Waals surface area contributed by atoms with E-state index in [0.717, 1.165) is 5.56 Å². The van der Waals surface area contributed by atoms with Crippen molar-refractivity contribution in [1.29, 1.82) is 0 Å². The summed E-state index contributed by atoms with van der Waals surface area (Å²) in [5.41, 5.74) is 1.60. The fourth-order valence-electron chi connectivity index (χ4n) is 3.68. The molecule has 2 aromatic carbocycles. The van der Waals surface area contributed by atoms with Gasteiger partial charge in [-0.3, -0.25) is 0 Å². The van der Waals surface area contributed by atoms with Crippen molar-refractivity contribution in [1.82, 2.24) is 9.62 Å². The van der Waals surface area contributed by atoms with Gasteiger partial charge >= 0.3 is 6.09 Å². The molecule has 1 amide bonds. The lowest BCUT2D eigenvalue weighted by Gasteiger charge is -2.30. The quantitative estimate of drug-likeness (QED) is 0.306. The van der Waals surface area contributed by atoms with Crippen LogP contribution in [0.3, 0.4) is 0 Å². The van der Waals surface area contributed by atoms with Crippen molar-refractivity contribution in [3.63, 3.8) is 0 Å². The smallest absolute Gasteiger partial charge is 0.407 e. The maximum Gasteiger partial charge on any atom is 0.407 e. The number of alkyl carbamates (subject to hydrolysis) is 1. The lowest BCUT2D eigenvalue weighted by Crippen LogP contribution is -2.51. The molecule has 0 saturated heterocycles. The Morgan fingerprint density at radius 2 is 1.74 bits per heavy atom. The summed E-state index contributed by atoms with van der Waals surface area (Å²) in [7, 11) is -3.86. The molecule has 0 spiro atoms. The number of hydrogen-bond donors (Lipinski definition) is 2. The number of ether oxygens (including phenoxy) is 1. The second kappa shape index (κ2) is 15.9. The largest absolute Gasteiger partial charge is 0.445 e. The van der Waals surface area contributed by atoms with Crippen LogP contribution >= 0.6 is 0 Å². The third-order valence-corrected chi connectivity index (χ3v) is 7.81. The zero-order valence-corrected chi connectivity index (χ0v) is 23.3. The van der Waals surface area contributed by atoms with Gasteiger partial charge in [-0.2, -0.15) is 4.31 Å². The first-order valence-electron chi connectivity index (χ1n) is 12.8. The zero-order chi connectivity index (χ0) is 28.0. The van der Waals surface area contributed by atoms with Gasteiger partial charge in [0.15, 0.2) is 0 Å². The number of hydrogen-bond acceptors (Lipinski definition) is 5. The third-order valence-electron chi connectivity index (χ3n) is 5.93. The Kier molecular flexibility index (Phi) is 13.0. The van der Waals surface area contributed by atoms with Crippen molar-refractivity contribution in [2.75, 3.05) is 19.7 Å². The lowest BCUT2D eigenvalue weighted by molar-refractivity contribution is 0.0927. The first-order valence-corrected chi connectivity index (χ1v) is 14.3. The predicted molar refractivity (Wildman–Crippen MR) is 152 cm³/mol. The summed E-state index contributed by atoms with van der Waals surface area (Å²) in [6.45, 7) is 9.71. The molecular formula is C30H40N2O5S. The van der Waals surface area contributed by atoms with Gasteiger partial charge in [0.25, 0.3) is 0 Å². The van der Waals surface area contributed by atoms with E-state index in [4.69, 9.17) is 4.74 Å². The van der Waals surface area contributed by atoms with Crippen LogP contribution in [0.15, 0.2) is 102 Å². The summed E-state index contributed by atoms with van der Waals surface area (Å²) < 4.78 is 33.6. The summed E-state index contributed by atoms with van der Waals surface area (Å²) in [6.07, 6.45) is 6.08. The Labute approximate surface area is 227 Å². The van der Waals surface area contributed by atoms with Crippen LogP contribution in [0.25, 0.3) is 0 Å². The number of benzene rings is 2. The number of carbonyl (C=O) groups excluding carboxylic acids is 1. The van der Waals surface area contributed by atoms with E-state index >= 15 is 0 Å². The van der Waals surface area contributed by atoms with Gasteiger partial charge in [-0.15, -0.1) is 0 Å². The standard InChI is InChI=1S/C30H40N2O5S/c1-5-7-14-25(6-2)23-37-30(34)31-28(21-26-15-10-8-11-16-26)29(33)22-32(20-19-24(3)4)38(35,36)27-17-12-9-13-18-27/h5-18,24,28-29,33H,2,19-23H2,1,3-4H3,(H,31,34)/b7-5-,25-14+/t28-,29?/m0/s1. The average Bonchev–Trinajstić information content (AvgIpc) is 2.91. The molecule has 0 radical (unpaired) electrons. The van der Waals surface area contributed by atoms with Crippen LogP contribution in [-0.2, 0) is 21.2 Å². The number of aliphatic hydroxyl groups excluding tert-OH is 1. The van der Waals surface area contributed by atoms with E-state index in [9.17, 15) is 18.3 Å². The Bertz CT molecular complexity index is 1160. The van der Waals surface area contributed by atoms with Gasteiger partial charge in [0.05, 0.1) is 17.0 Å². The summed E-state index contributed by atoms with van der Waals surface area (Å²) >= 11 is 0. The summed E-state index contributed by atoms with van der Waals surface area (Å²) in [5, 5.41) is 14.0. The number of sulfonamides is 1. The Hall–Kier alpha value is -3.20. The van der Waals surface area contributed by atoms with Crippen LogP contribution in [0.2, 0.25) is 0 Å². The molecule has 2 N–H and O–H groups in total. The van der Waals surface area contributed by atoms with E-state index in [2.05, 4.69) is 11.9 Å². The average molecular weight is 541 g/mol. The first kappa shape index (κ1) is 31.0. The highest BCUT2D eigenvalue weighted by Gasteiger charge is 2.31. The number of nitrogens with zero attached hydrogens (tertiary/aromatic N) is 1. The molecule has 2 atom stereocenters. The van der Waals surface area contributed by atoms with Crippen molar-refractivity contribution >= 4 is 16.1 Å². The van der Waals surface area contributed by atoms with E-state index < -0.39 is 28.3 Å². The van der Waals surface area contributed by atoms with Crippen LogP contribution < -0.4 is 5.32 Å². The molecule has 0 aliphatic carbocycles. The van der Waals surface area contributed by atoms with Crippen LogP contribution in [0.5, 0.6) is 0 Å². The number of aliphatic hydroxyl groups is 1. The predicted octanol–water partition coefficient (Wildman–Crippen LogP) is 5.11.